The van der Waals surface area contributed by atoms with Gasteiger partial charge in [0.15, 0.2) is 0 Å². The number of halogens is 4. The smallest absolute Gasteiger partial charge is 0.205 e. The van der Waals surface area contributed by atoms with Crippen LogP contribution in [-0.4, -0.2) is 0 Å². The van der Waals surface area contributed by atoms with Crippen molar-refractivity contribution in [3.05, 3.63) is 31.3 Å². The Morgan fingerprint density at radius 1 is 1.42 bits per heavy atom. The van der Waals surface area contributed by atoms with Crippen molar-refractivity contribution in [2.24, 2.45) is 0 Å². The highest BCUT2D eigenvalue weighted by Gasteiger charge is 2.13. The average Bonchev–Trinajstić information content (AvgIpc) is 2.00. The summed E-state index contributed by atoms with van der Waals surface area (Å²) >= 11 is 5.36. The molecule has 1 aromatic rings. The Morgan fingerprint density at radius 2 is 2.00 bits per heavy atom. The van der Waals surface area contributed by atoms with Crippen LogP contribution in [0.4, 0.5) is 8.78 Å². The van der Waals surface area contributed by atoms with Gasteiger partial charge in [-0.1, -0.05) is 6.07 Å². The minimum absolute atomic E-state index is 0.0993. The molecular formula is C8H6BrF2I. The normalized spacial score (nSPS) is 10.8. The van der Waals surface area contributed by atoms with Crippen LogP contribution in [0.5, 0.6) is 0 Å². The van der Waals surface area contributed by atoms with Crippen LogP contribution in [0.25, 0.3) is 0 Å². The maximum absolute atomic E-state index is 12.3. The fraction of sp³-hybridized carbons (Fsp3) is 0.250. The molecule has 0 aromatic heterocycles. The van der Waals surface area contributed by atoms with Crippen LogP contribution in [0.15, 0.2) is 16.6 Å². The quantitative estimate of drug-likeness (QED) is 0.665. The van der Waals surface area contributed by atoms with Crippen LogP contribution in [0, 0.1) is 10.5 Å². The number of rotatable bonds is 1. The lowest BCUT2D eigenvalue weighted by Crippen LogP contribution is -1.91. The molecule has 0 radical (unpaired) electrons. The van der Waals surface area contributed by atoms with Crippen LogP contribution >= 0.6 is 38.5 Å². The van der Waals surface area contributed by atoms with Crippen molar-refractivity contribution >= 4 is 38.5 Å². The average molecular weight is 347 g/mol. The van der Waals surface area contributed by atoms with E-state index in [4.69, 9.17) is 0 Å². The first-order chi connectivity index (χ1) is 5.54. The molecule has 66 valence electrons. The Hall–Kier alpha value is 0.290. The Labute approximate surface area is 91.6 Å². The SMILES string of the molecule is Cc1c(C(F)F)ccc(I)c1Br. The molecule has 4 heteroatoms. The highest BCUT2D eigenvalue weighted by atomic mass is 127. The molecule has 0 spiro atoms. The first-order valence-electron chi connectivity index (χ1n) is 3.26. The molecule has 0 unspecified atom stereocenters. The third-order valence-corrected chi connectivity index (χ3v) is 4.28. The highest BCUT2D eigenvalue weighted by Crippen LogP contribution is 2.30. The summed E-state index contributed by atoms with van der Waals surface area (Å²) in [4.78, 5) is 0. The van der Waals surface area contributed by atoms with Crippen molar-refractivity contribution in [1.82, 2.24) is 0 Å². The second-order valence-electron chi connectivity index (χ2n) is 2.38. The van der Waals surface area contributed by atoms with Crippen molar-refractivity contribution in [3.8, 4) is 0 Å². The van der Waals surface area contributed by atoms with Crippen LogP contribution in [0.2, 0.25) is 0 Å². The Balaban J connectivity index is 3.27. The van der Waals surface area contributed by atoms with Gasteiger partial charge in [-0.25, -0.2) is 8.78 Å². The Kier molecular flexibility index (Phi) is 3.46. The number of hydrogen-bond acceptors (Lipinski definition) is 0. The standard InChI is InChI=1S/C8H6BrF2I/c1-4-5(8(10)11)2-3-6(12)7(4)9/h2-3,8H,1H3. The summed E-state index contributed by atoms with van der Waals surface area (Å²) < 4.78 is 26.4. The van der Waals surface area contributed by atoms with E-state index in [1.165, 1.54) is 6.07 Å². The van der Waals surface area contributed by atoms with E-state index < -0.39 is 6.43 Å². The monoisotopic (exact) mass is 346 g/mol. The fourth-order valence-electron chi connectivity index (χ4n) is 0.903. The summed E-state index contributed by atoms with van der Waals surface area (Å²) in [6.07, 6.45) is -2.39. The van der Waals surface area contributed by atoms with E-state index in [2.05, 4.69) is 38.5 Å². The second-order valence-corrected chi connectivity index (χ2v) is 4.33. The van der Waals surface area contributed by atoms with Gasteiger partial charge in [-0.05, 0) is 57.1 Å². The highest BCUT2D eigenvalue weighted by molar-refractivity contribution is 14.1. The van der Waals surface area contributed by atoms with E-state index in [1.54, 1.807) is 13.0 Å². The molecule has 1 rings (SSSR count). The molecular weight excluding hydrogens is 341 g/mol. The second kappa shape index (κ2) is 4.00. The maximum Gasteiger partial charge on any atom is 0.264 e. The van der Waals surface area contributed by atoms with Gasteiger partial charge >= 0.3 is 0 Å². The van der Waals surface area contributed by atoms with Gasteiger partial charge < -0.3 is 0 Å². The van der Waals surface area contributed by atoms with E-state index in [9.17, 15) is 8.78 Å². The molecule has 12 heavy (non-hydrogen) atoms. The summed E-state index contributed by atoms with van der Waals surface area (Å²) in [6.45, 7) is 1.69. The maximum atomic E-state index is 12.3. The van der Waals surface area contributed by atoms with Crippen molar-refractivity contribution < 1.29 is 8.78 Å². The molecule has 0 heterocycles. The summed E-state index contributed by atoms with van der Waals surface area (Å²) in [5.41, 5.74) is 0.721. The minimum Gasteiger partial charge on any atom is -0.205 e. The molecule has 1 aromatic carbocycles. The summed E-state index contributed by atoms with van der Waals surface area (Å²) in [5, 5.41) is 0. The minimum atomic E-state index is -2.39. The lowest BCUT2D eigenvalue weighted by atomic mass is 10.1. The van der Waals surface area contributed by atoms with E-state index in [0.717, 1.165) is 8.04 Å². The zero-order chi connectivity index (χ0) is 9.30. The van der Waals surface area contributed by atoms with Gasteiger partial charge in [-0.3, -0.25) is 0 Å². The zero-order valence-electron chi connectivity index (χ0n) is 6.24. The predicted octanol–water partition coefficient (Wildman–Crippen LogP) is 4.30. The molecule has 0 amide bonds. The third-order valence-electron chi connectivity index (χ3n) is 1.62. The Bertz CT molecular complexity index is 299. The molecule has 0 aliphatic heterocycles. The first kappa shape index (κ1) is 10.4. The molecule has 0 aliphatic rings. The van der Waals surface area contributed by atoms with Crippen LogP contribution < -0.4 is 0 Å². The lowest BCUT2D eigenvalue weighted by molar-refractivity contribution is 0.150. The zero-order valence-corrected chi connectivity index (χ0v) is 9.99. The molecule has 0 atom stereocenters. The van der Waals surface area contributed by atoms with E-state index in [1.807, 2.05) is 0 Å². The van der Waals surface area contributed by atoms with Gasteiger partial charge in [0.1, 0.15) is 0 Å². The molecule has 0 aliphatic carbocycles. The molecule has 0 saturated carbocycles. The number of alkyl halides is 2. The van der Waals surface area contributed by atoms with Crippen LogP contribution in [0.3, 0.4) is 0 Å². The van der Waals surface area contributed by atoms with Gasteiger partial charge in [0.05, 0.1) is 0 Å². The van der Waals surface area contributed by atoms with Crippen LogP contribution in [-0.2, 0) is 0 Å². The number of benzene rings is 1. The molecule has 0 nitrogen and oxygen atoms in total. The lowest BCUT2D eigenvalue weighted by Gasteiger charge is -2.07. The predicted molar refractivity (Wildman–Crippen MR) is 56.6 cm³/mol. The Morgan fingerprint density at radius 3 is 2.50 bits per heavy atom. The molecule has 0 bridgehead atoms. The molecule has 0 N–H and O–H groups in total. The van der Waals surface area contributed by atoms with Crippen molar-refractivity contribution in [2.45, 2.75) is 13.3 Å². The van der Waals surface area contributed by atoms with Crippen molar-refractivity contribution in [2.75, 3.05) is 0 Å². The van der Waals surface area contributed by atoms with Crippen molar-refractivity contribution in [1.29, 1.82) is 0 Å². The topological polar surface area (TPSA) is 0 Å². The molecule has 0 fully saturated rings. The van der Waals surface area contributed by atoms with Gasteiger partial charge in [0, 0.05) is 13.6 Å². The molecule has 0 saturated heterocycles. The summed E-state index contributed by atoms with van der Waals surface area (Å²) in [6, 6.07) is 3.14. The van der Waals surface area contributed by atoms with Crippen molar-refractivity contribution in [3.63, 3.8) is 0 Å². The van der Waals surface area contributed by atoms with E-state index in [0.29, 0.717) is 5.56 Å². The van der Waals surface area contributed by atoms with E-state index >= 15 is 0 Å². The van der Waals surface area contributed by atoms with E-state index in [-0.39, 0.29) is 5.56 Å². The summed E-state index contributed by atoms with van der Waals surface area (Å²) in [7, 11) is 0. The first-order valence-corrected chi connectivity index (χ1v) is 5.14. The van der Waals surface area contributed by atoms with Gasteiger partial charge in [0.2, 0.25) is 0 Å². The number of hydrogen-bond donors (Lipinski definition) is 0. The largest absolute Gasteiger partial charge is 0.264 e. The van der Waals surface area contributed by atoms with Gasteiger partial charge in [-0.15, -0.1) is 0 Å². The van der Waals surface area contributed by atoms with Crippen LogP contribution in [0.1, 0.15) is 17.6 Å². The van der Waals surface area contributed by atoms with Gasteiger partial charge in [-0.2, -0.15) is 0 Å². The third kappa shape index (κ3) is 1.96. The van der Waals surface area contributed by atoms with Gasteiger partial charge in [0.25, 0.3) is 6.43 Å². The summed E-state index contributed by atoms with van der Waals surface area (Å²) in [5.74, 6) is 0. The fourth-order valence-corrected chi connectivity index (χ4v) is 1.85.